The molecule has 0 unspecified atom stereocenters. The average molecular weight is 344 g/mol. The smallest absolute Gasteiger partial charge is 0.155 e. The summed E-state index contributed by atoms with van der Waals surface area (Å²) in [5, 5.41) is 15.7. The quantitative estimate of drug-likeness (QED) is 0.593. The number of aromatic nitrogens is 5. The maximum Gasteiger partial charge on any atom is 0.155 e. The van der Waals surface area contributed by atoms with Gasteiger partial charge in [-0.3, -0.25) is 15.1 Å². The Labute approximate surface area is 151 Å². The van der Waals surface area contributed by atoms with Crippen LogP contribution in [0.1, 0.15) is 18.4 Å². The molecule has 0 bridgehead atoms. The van der Waals surface area contributed by atoms with Gasteiger partial charge < -0.3 is 0 Å². The van der Waals surface area contributed by atoms with E-state index in [1.165, 1.54) is 37.8 Å². The maximum atomic E-state index is 4.58. The number of aromatic amines is 2. The summed E-state index contributed by atoms with van der Waals surface area (Å²) in [6, 6.07) is 14.9. The van der Waals surface area contributed by atoms with Crippen molar-refractivity contribution in [2.24, 2.45) is 0 Å². The molecule has 6 nitrogen and oxygen atoms in total. The summed E-state index contributed by atoms with van der Waals surface area (Å²) in [7, 11) is 0. The van der Waals surface area contributed by atoms with Crippen molar-refractivity contribution >= 4 is 10.9 Å². The van der Waals surface area contributed by atoms with Gasteiger partial charge in [0.05, 0.1) is 11.2 Å². The summed E-state index contributed by atoms with van der Waals surface area (Å²) in [6.45, 7) is 3.42. The summed E-state index contributed by atoms with van der Waals surface area (Å²) < 4.78 is 0. The molecule has 0 amide bonds. The Hall–Kier alpha value is -2.99. The van der Waals surface area contributed by atoms with Gasteiger partial charge in [0.1, 0.15) is 6.33 Å². The third kappa shape index (κ3) is 2.78. The first-order valence-corrected chi connectivity index (χ1v) is 9.02. The monoisotopic (exact) mass is 344 g/mol. The lowest BCUT2D eigenvalue weighted by Gasteiger charge is -2.14. The van der Waals surface area contributed by atoms with E-state index < -0.39 is 0 Å². The number of fused-ring (bicyclic) bond motifs is 1. The highest BCUT2D eigenvalue weighted by molar-refractivity contribution is 5.95. The Bertz CT molecular complexity index is 1030. The van der Waals surface area contributed by atoms with Gasteiger partial charge in [0, 0.05) is 23.1 Å². The minimum Gasteiger partial charge on any atom is -0.299 e. The minimum atomic E-state index is 0.766. The highest BCUT2D eigenvalue weighted by Gasteiger charge is 2.14. The van der Waals surface area contributed by atoms with Gasteiger partial charge in [0.15, 0.2) is 5.82 Å². The van der Waals surface area contributed by atoms with Gasteiger partial charge in [-0.2, -0.15) is 10.2 Å². The van der Waals surface area contributed by atoms with Crippen LogP contribution in [0.15, 0.2) is 48.8 Å². The molecule has 6 heteroatoms. The van der Waals surface area contributed by atoms with Gasteiger partial charge >= 0.3 is 0 Å². The number of nitrogens with zero attached hydrogens (tertiary/aromatic N) is 4. The standard InChI is InChI=1S/C20H20N6/c1-2-9-26(8-1)12-14-4-3-5-15(10-14)19-17-11-16(20-21-13-22-25-20)6-7-18(17)23-24-19/h3-7,10-11,13H,1-2,8-9,12H2,(H,23,24)(H,21,22,25). The zero-order valence-electron chi connectivity index (χ0n) is 14.4. The lowest BCUT2D eigenvalue weighted by Crippen LogP contribution is -2.18. The van der Waals surface area contributed by atoms with Crippen molar-refractivity contribution in [3.63, 3.8) is 0 Å². The molecule has 130 valence electrons. The molecule has 26 heavy (non-hydrogen) atoms. The zero-order chi connectivity index (χ0) is 17.3. The molecule has 1 fully saturated rings. The molecule has 4 aromatic rings. The highest BCUT2D eigenvalue weighted by atomic mass is 15.2. The van der Waals surface area contributed by atoms with Crippen LogP contribution in [0, 0.1) is 0 Å². The number of hydrogen-bond acceptors (Lipinski definition) is 4. The fourth-order valence-corrected chi connectivity index (χ4v) is 3.74. The van der Waals surface area contributed by atoms with E-state index in [4.69, 9.17) is 0 Å². The van der Waals surface area contributed by atoms with E-state index >= 15 is 0 Å². The summed E-state index contributed by atoms with van der Waals surface area (Å²) in [5.74, 6) is 0.766. The Morgan fingerprint density at radius 2 is 1.88 bits per heavy atom. The van der Waals surface area contributed by atoms with Gasteiger partial charge in [-0.15, -0.1) is 0 Å². The van der Waals surface area contributed by atoms with Gasteiger partial charge in [-0.1, -0.05) is 18.2 Å². The van der Waals surface area contributed by atoms with Gasteiger partial charge in [0.2, 0.25) is 0 Å². The molecule has 2 N–H and O–H groups in total. The van der Waals surface area contributed by atoms with Gasteiger partial charge in [-0.05, 0) is 55.8 Å². The number of nitrogens with one attached hydrogen (secondary N) is 2. The Morgan fingerprint density at radius 1 is 0.962 bits per heavy atom. The normalized spacial score (nSPS) is 15.1. The van der Waals surface area contributed by atoms with Crippen LogP contribution in [-0.2, 0) is 6.54 Å². The highest BCUT2D eigenvalue weighted by Crippen LogP contribution is 2.30. The van der Waals surface area contributed by atoms with Crippen LogP contribution in [-0.4, -0.2) is 43.4 Å². The molecule has 0 aliphatic carbocycles. The lowest BCUT2D eigenvalue weighted by atomic mass is 10.0. The van der Waals surface area contributed by atoms with Crippen LogP contribution < -0.4 is 0 Å². The first-order chi connectivity index (χ1) is 12.9. The van der Waals surface area contributed by atoms with Crippen LogP contribution in [0.25, 0.3) is 33.5 Å². The fourth-order valence-electron chi connectivity index (χ4n) is 3.74. The molecule has 2 aromatic carbocycles. The summed E-state index contributed by atoms with van der Waals surface area (Å²) in [4.78, 5) is 6.77. The third-order valence-electron chi connectivity index (χ3n) is 5.06. The second-order valence-electron chi connectivity index (χ2n) is 6.85. The number of rotatable bonds is 4. The van der Waals surface area contributed by atoms with Crippen molar-refractivity contribution in [3.05, 3.63) is 54.4 Å². The van der Waals surface area contributed by atoms with Crippen molar-refractivity contribution in [1.29, 1.82) is 0 Å². The number of benzene rings is 2. The fraction of sp³-hybridized carbons (Fsp3) is 0.250. The van der Waals surface area contributed by atoms with E-state index in [-0.39, 0.29) is 0 Å². The zero-order valence-corrected chi connectivity index (χ0v) is 14.4. The van der Waals surface area contributed by atoms with Crippen molar-refractivity contribution < 1.29 is 0 Å². The van der Waals surface area contributed by atoms with E-state index in [2.05, 4.69) is 60.6 Å². The summed E-state index contributed by atoms with van der Waals surface area (Å²) in [5.41, 5.74) is 5.48. The van der Waals surface area contributed by atoms with Crippen LogP contribution in [0.5, 0.6) is 0 Å². The molecule has 5 rings (SSSR count). The van der Waals surface area contributed by atoms with Crippen LogP contribution in [0.3, 0.4) is 0 Å². The minimum absolute atomic E-state index is 0.766. The van der Waals surface area contributed by atoms with Crippen molar-refractivity contribution in [3.8, 4) is 22.6 Å². The molecule has 0 atom stereocenters. The Balaban J connectivity index is 1.53. The predicted octanol–water partition coefficient (Wildman–Crippen LogP) is 3.61. The molecule has 1 aliphatic heterocycles. The molecule has 0 spiro atoms. The largest absolute Gasteiger partial charge is 0.299 e. The van der Waals surface area contributed by atoms with Crippen molar-refractivity contribution in [2.45, 2.75) is 19.4 Å². The lowest BCUT2D eigenvalue weighted by molar-refractivity contribution is 0.331. The number of hydrogen-bond donors (Lipinski definition) is 2. The number of likely N-dealkylation sites (tertiary alicyclic amines) is 1. The molecule has 1 aliphatic rings. The molecule has 2 aromatic heterocycles. The molecule has 1 saturated heterocycles. The first kappa shape index (κ1) is 15.3. The summed E-state index contributed by atoms with van der Waals surface area (Å²) >= 11 is 0. The second kappa shape index (κ2) is 6.38. The van der Waals surface area contributed by atoms with Crippen LogP contribution in [0.2, 0.25) is 0 Å². The predicted molar refractivity (Wildman–Crippen MR) is 101 cm³/mol. The van der Waals surface area contributed by atoms with E-state index in [1.807, 2.05) is 12.1 Å². The van der Waals surface area contributed by atoms with Crippen molar-refractivity contribution in [1.82, 2.24) is 30.3 Å². The Morgan fingerprint density at radius 3 is 2.73 bits per heavy atom. The molecular weight excluding hydrogens is 324 g/mol. The van der Waals surface area contributed by atoms with E-state index in [0.717, 1.165) is 40.1 Å². The van der Waals surface area contributed by atoms with Gasteiger partial charge in [0.25, 0.3) is 0 Å². The number of H-pyrrole nitrogens is 2. The molecule has 0 radical (unpaired) electrons. The first-order valence-electron chi connectivity index (χ1n) is 9.02. The SMILES string of the molecule is c1cc(CN2CCCC2)cc(-c2n[nH]c3ccc(-c4ncn[nH]4)cc23)c1. The third-order valence-corrected chi connectivity index (χ3v) is 5.06. The average Bonchev–Trinajstić information content (AvgIpc) is 3.43. The van der Waals surface area contributed by atoms with Gasteiger partial charge in [-0.25, -0.2) is 4.98 Å². The molecule has 3 heterocycles. The maximum absolute atomic E-state index is 4.58. The molecular formula is C20H20N6. The van der Waals surface area contributed by atoms with E-state index in [9.17, 15) is 0 Å². The van der Waals surface area contributed by atoms with Crippen molar-refractivity contribution in [2.75, 3.05) is 13.1 Å². The Kier molecular flexibility index (Phi) is 3.75. The van der Waals surface area contributed by atoms with E-state index in [0.29, 0.717) is 0 Å². The van der Waals surface area contributed by atoms with Crippen LogP contribution in [0.4, 0.5) is 0 Å². The molecule has 0 saturated carbocycles. The summed E-state index contributed by atoms with van der Waals surface area (Å²) in [6.07, 6.45) is 4.15. The van der Waals surface area contributed by atoms with Crippen LogP contribution >= 0.6 is 0 Å². The van der Waals surface area contributed by atoms with E-state index in [1.54, 1.807) is 0 Å². The second-order valence-corrected chi connectivity index (χ2v) is 6.85. The topological polar surface area (TPSA) is 73.5 Å².